The number of benzene rings is 1. The molecule has 0 atom stereocenters. The fraction of sp³-hybridized carbons (Fsp3) is 0.250. The van der Waals surface area contributed by atoms with Gasteiger partial charge in [0.15, 0.2) is 0 Å². The van der Waals surface area contributed by atoms with Crippen molar-refractivity contribution in [1.29, 1.82) is 0 Å². The maximum Gasteiger partial charge on any atom is 0.227 e. The van der Waals surface area contributed by atoms with Gasteiger partial charge in [-0.3, -0.25) is 4.79 Å². The minimum Gasteiger partial charge on any atom is -0.367 e. The van der Waals surface area contributed by atoms with Crippen molar-refractivity contribution >= 4 is 34.3 Å². The molecule has 0 saturated heterocycles. The van der Waals surface area contributed by atoms with Crippen LogP contribution in [0.5, 0.6) is 0 Å². The zero-order valence-corrected chi connectivity index (χ0v) is 13.1. The first-order chi connectivity index (χ1) is 11.1. The summed E-state index contributed by atoms with van der Waals surface area (Å²) in [6.45, 7) is 1.09. The Hall–Kier alpha value is -2.47. The Labute approximate surface area is 137 Å². The quantitative estimate of drug-likeness (QED) is 0.755. The number of anilines is 1. The highest BCUT2D eigenvalue weighted by Gasteiger charge is 2.26. The van der Waals surface area contributed by atoms with Crippen molar-refractivity contribution in [3.8, 4) is 0 Å². The zero-order chi connectivity index (χ0) is 16.0. The van der Waals surface area contributed by atoms with Crippen LogP contribution in [-0.4, -0.2) is 27.5 Å². The minimum absolute atomic E-state index is 0.0621. The van der Waals surface area contributed by atoms with Crippen molar-refractivity contribution in [1.82, 2.24) is 15.0 Å². The van der Waals surface area contributed by atoms with E-state index in [4.69, 9.17) is 21.9 Å². The first-order valence-corrected chi connectivity index (χ1v) is 7.76. The third-order valence-electron chi connectivity index (χ3n) is 4.29. The number of H-pyrrole nitrogens is 1. The number of nitrogens with two attached hydrogens (primary N) is 1. The summed E-state index contributed by atoms with van der Waals surface area (Å²) >= 11 is 5.99. The summed E-state index contributed by atoms with van der Waals surface area (Å²) in [4.78, 5) is 17.6. The van der Waals surface area contributed by atoms with Gasteiger partial charge in [-0.05, 0) is 17.7 Å². The van der Waals surface area contributed by atoms with Crippen molar-refractivity contribution < 1.29 is 9.32 Å². The molecule has 0 unspecified atom stereocenters. The Balaban J connectivity index is 1.55. The number of nitrogen functional groups attached to an aromatic ring is 1. The van der Waals surface area contributed by atoms with Crippen LogP contribution in [0.15, 0.2) is 28.9 Å². The van der Waals surface area contributed by atoms with Crippen LogP contribution < -0.4 is 5.73 Å². The van der Waals surface area contributed by atoms with E-state index in [2.05, 4.69) is 10.1 Å². The van der Waals surface area contributed by atoms with E-state index in [-0.39, 0.29) is 5.91 Å². The van der Waals surface area contributed by atoms with Gasteiger partial charge in [-0.15, -0.1) is 0 Å². The normalized spacial score (nSPS) is 14.2. The van der Waals surface area contributed by atoms with Crippen molar-refractivity contribution in [3.05, 3.63) is 46.2 Å². The second-order valence-corrected chi connectivity index (χ2v) is 6.15. The van der Waals surface area contributed by atoms with Crippen LogP contribution in [0.25, 0.3) is 10.9 Å². The SMILES string of the molecule is Nc1onc2c1CN(C(=O)Cc1c[nH]c3cc(Cl)ccc13)CC2. The number of fused-ring (bicyclic) bond motifs is 2. The van der Waals surface area contributed by atoms with Crippen LogP contribution in [-0.2, 0) is 24.2 Å². The third kappa shape index (κ3) is 2.45. The summed E-state index contributed by atoms with van der Waals surface area (Å²) in [6, 6.07) is 5.62. The van der Waals surface area contributed by atoms with Gasteiger partial charge in [0.25, 0.3) is 0 Å². The van der Waals surface area contributed by atoms with E-state index in [1.54, 1.807) is 4.90 Å². The molecule has 6 nitrogen and oxygen atoms in total. The second kappa shape index (κ2) is 5.31. The number of nitrogens with zero attached hydrogens (tertiary/aromatic N) is 2. The molecule has 3 N–H and O–H groups in total. The van der Waals surface area contributed by atoms with Gasteiger partial charge in [-0.1, -0.05) is 22.8 Å². The standard InChI is InChI=1S/C16H15ClN4O2/c17-10-1-2-11-9(7-19-14(11)6-10)5-15(22)21-4-3-13-12(8-21)16(18)23-20-13/h1-2,6-7,19H,3-5,8,18H2. The van der Waals surface area contributed by atoms with Crippen molar-refractivity contribution in [2.75, 3.05) is 12.3 Å². The van der Waals surface area contributed by atoms with Gasteiger partial charge in [0.1, 0.15) is 0 Å². The molecule has 118 valence electrons. The average molecular weight is 331 g/mol. The number of hydrogen-bond acceptors (Lipinski definition) is 4. The lowest BCUT2D eigenvalue weighted by Crippen LogP contribution is -2.36. The molecule has 0 radical (unpaired) electrons. The summed E-state index contributed by atoms with van der Waals surface area (Å²) < 4.78 is 4.99. The molecule has 7 heteroatoms. The van der Waals surface area contributed by atoms with Gasteiger partial charge in [0, 0.05) is 35.1 Å². The number of carbonyl (C=O) groups excluding carboxylic acids is 1. The van der Waals surface area contributed by atoms with E-state index in [0.717, 1.165) is 27.7 Å². The number of nitrogens with one attached hydrogen (secondary N) is 1. The summed E-state index contributed by atoms with van der Waals surface area (Å²) in [5, 5.41) is 5.61. The number of halogens is 1. The highest BCUT2D eigenvalue weighted by Crippen LogP contribution is 2.26. The first kappa shape index (κ1) is 14.1. The Morgan fingerprint density at radius 2 is 2.35 bits per heavy atom. The average Bonchev–Trinajstić information content (AvgIpc) is 3.11. The predicted molar refractivity (Wildman–Crippen MR) is 87.0 cm³/mol. The summed E-state index contributed by atoms with van der Waals surface area (Å²) in [7, 11) is 0. The van der Waals surface area contributed by atoms with E-state index in [1.807, 2.05) is 24.4 Å². The van der Waals surface area contributed by atoms with Gasteiger partial charge in [-0.2, -0.15) is 0 Å². The minimum atomic E-state index is 0.0621. The van der Waals surface area contributed by atoms with Crippen molar-refractivity contribution in [2.24, 2.45) is 0 Å². The van der Waals surface area contributed by atoms with Crippen molar-refractivity contribution in [2.45, 2.75) is 19.4 Å². The summed E-state index contributed by atoms with van der Waals surface area (Å²) in [6.07, 6.45) is 2.87. The molecular weight excluding hydrogens is 316 g/mol. The van der Waals surface area contributed by atoms with Crippen LogP contribution in [0.3, 0.4) is 0 Å². The molecule has 3 heterocycles. The third-order valence-corrected chi connectivity index (χ3v) is 4.53. The maximum absolute atomic E-state index is 12.6. The van der Waals surface area contributed by atoms with E-state index < -0.39 is 0 Å². The smallest absolute Gasteiger partial charge is 0.227 e. The predicted octanol–water partition coefficient (Wildman–Crippen LogP) is 2.52. The molecule has 2 aromatic heterocycles. The lowest BCUT2D eigenvalue weighted by Gasteiger charge is -2.26. The topological polar surface area (TPSA) is 88.2 Å². The van der Waals surface area contributed by atoms with Crippen LogP contribution in [0.1, 0.15) is 16.8 Å². The highest BCUT2D eigenvalue weighted by molar-refractivity contribution is 6.31. The largest absolute Gasteiger partial charge is 0.367 e. The molecule has 1 aromatic carbocycles. The zero-order valence-electron chi connectivity index (χ0n) is 12.3. The van der Waals surface area contributed by atoms with Gasteiger partial charge < -0.3 is 20.1 Å². The Kier molecular flexibility index (Phi) is 3.27. The number of amides is 1. The lowest BCUT2D eigenvalue weighted by molar-refractivity contribution is -0.131. The molecular formula is C16H15ClN4O2. The maximum atomic E-state index is 12.6. The molecule has 1 aliphatic rings. The van der Waals surface area contributed by atoms with Gasteiger partial charge in [-0.25, -0.2) is 0 Å². The van der Waals surface area contributed by atoms with Crippen molar-refractivity contribution in [3.63, 3.8) is 0 Å². The molecule has 1 amide bonds. The Bertz CT molecular complexity index is 899. The number of hydrogen-bond donors (Lipinski definition) is 2. The second-order valence-electron chi connectivity index (χ2n) is 5.72. The molecule has 3 aromatic rings. The lowest BCUT2D eigenvalue weighted by atomic mass is 10.1. The van der Waals surface area contributed by atoms with E-state index in [9.17, 15) is 4.79 Å². The fourth-order valence-corrected chi connectivity index (χ4v) is 3.20. The Morgan fingerprint density at radius 1 is 1.48 bits per heavy atom. The molecule has 4 rings (SSSR count). The van der Waals surface area contributed by atoms with Gasteiger partial charge in [0.05, 0.1) is 24.2 Å². The number of aromatic amines is 1. The highest BCUT2D eigenvalue weighted by atomic mass is 35.5. The number of carbonyl (C=O) groups is 1. The van der Waals surface area contributed by atoms with E-state index in [1.165, 1.54) is 0 Å². The van der Waals surface area contributed by atoms with Crippen LogP contribution in [0, 0.1) is 0 Å². The Morgan fingerprint density at radius 3 is 3.22 bits per heavy atom. The van der Waals surface area contributed by atoms with Gasteiger partial charge >= 0.3 is 0 Å². The molecule has 0 spiro atoms. The number of rotatable bonds is 2. The molecule has 0 fully saturated rings. The molecule has 23 heavy (non-hydrogen) atoms. The fourth-order valence-electron chi connectivity index (χ4n) is 3.03. The summed E-state index contributed by atoms with van der Waals surface area (Å²) in [5.74, 6) is 0.367. The van der Waals surface area contributed by atoms with Crippen LogP contribution in [0.4, 0.5) is 5.88 Å². The molecule has 1 aliphatic heterocycles. The molecule has 0 bridgehead atoms. The molecule has 0 saturated carbocycles. The first-order valence-electron chi connectivity index (χ1n) is 7.38. The van der Waals surface area contributed by atoms with Gasteiger partial charge in [0.2, 0.25) is 11.8 Å². The number of aromatic nitrogens is 2. The van der Waals surface area contributed by atoms with Crippen LogP contribution >= 0.6 is 11.6 Å². The monoisotopic (exact) mass is 330 g/mol. The van der Waals surface area contributed by atoms with E-state index in [0.29, 0.717) is 36.8 Å². The van der Waals surface area contributed by atoms with Crippen LogP contribution in [0.2, 0.25) is 5.02 Å². The summed E-state index contributed by atoms with van der Waals surface area (Å²) in [5.41, 5.74) is 9.35. The molecule has 0 aliphatic carbocycles. The van der Waals surface area contributed by atoms with E-state index >= 15 is 0 Å².